The van der Waals surface area contributed by atoms with Crippen molar-refractivity contribution < 1.29 is 19.6 Å². The van der Waals surface area contributed by atoms with E-state index >= 15 is 0 Å². The highest BCUT2D eigenvalue weighted by Gasteiger charge is 2.28. The predicted molar refractivity (Wildman–Crippen MR) is 71.6 cm³/mol. The van der Waals surface area contributed by atoms with Crippen LogP contribution in [0.1, 0.15) is 29.8 Å². The molecular weight excluding hydrogens is 264 g/mol. The Balaban J connectivity index is 2.90. The maximum Gasteiger partial charge on any atom is 0.310 e. The molecule has 0 spiro atoms. The van der Waals surface area contributed by atoms with Gasteiger partial charge in [0.1, 0.15) is 0 Å². The molecule has 0 aliphatic carbocycles. The van der Waals surface area contributed by atoms with E-state index in [1.807, 2.05) is 0 Å². The van der Waals surface area contributed by atoms with Crippen molar-refractivity contribution in [2.45, 2.75) is 20.8 Å². The molecule has 0 bridgehead atoms. The number of aryl methyl sites for hydroxylation is 1. The first-order valence-electron chi connectivity index (χ1n) is 5.92. The molecule has 108 valence electrons. The number of nitro benzene ring substituents is 1. The lowest BCUT2D eigenvalue weighted by atomic mass is 9.93. The molecule has 0 radical (unpaired) electrons. The smallest absolute Gasteiger partial charge is 0.310 e. The van der Waals surface area contributed by atoms with Crippen molar-refractivity contribution >= 4 is 17.6 Å². The third-order valence-corrected chi connectivity index (χ3v) is 2.95. The van der Waals surface area contributed by atoms with Crippen LogP contribution in [0, 0.1) is 22.5 Å². The first-order valence-corrected chi connectivity index (χ1v) is 5.92. The molecule has 1 rings (SSSR count). The summed E-state index contributed by atoms with van der Waals surface area (Å²) in [6, 6.07) is 3.97. The van der Waals surface area contributed by atoms with Gasteiger partial charge in [-0.25, -0.2) is 0 Å². The van der Waals surface area contributed by atoms with Gasteiger partial charge in [0, 0.05) is 24.2 Å². The number of nitrogens with zero attached hydrogens (tertiary/aromatic N) is 1. The summed E-state index contributed by atoms with van der Waals surface area (Å²) in [5, 5.41) is 22.1. The lowest BCUT2D eigenvalue weighted by molar-refractivity contribution is -0.384. The Bertz CT molecular complexity index is 566. The summed E-state index contributed by atoms with van der Waals surface area (Å²) in [6.45, 7) is 4.55. The van der Waals surface area contributed by atoms with Gasteiger partial charge in [-0.15, -0.1) is 0 Å². The predicted octanol–water partition coefficient (Wildman–Crippen LogP) is 1.74. The van der Waals surface area contributed by atoms with Crippen molar-refractivity contribution in [3.63, 3.8) is 0 Å². The number of nitro groups is 1. The highest BCUT2D eigenvalue weighted by molar-refractivity contribution is 5.96. The van der Waals surface area contributed by atoms with Crippen LogP contribution in [-0.2, 0) is 4.79 Å². The second-order valence-corrected chi connectivity index (χ2v) is 5.13. The van der Waals surface area contributed by atoms with E-state index in [1.165, 1.54) is 32.0 Å². The molecule has 0 aliphatic heterocycles. The Morgan fingerprint density at radius 2 is 2.00 bits per heavy atom. The lowest BCUT2D eigenvalue weighted by Crippen LogP contribution is -2.39. The summed E-state index contributed by atoms with van der Waals surface area (Å²) in [7, 11) is 0. The fourth-order valence-electron chi connectivity index (χ4n) is 1.44. The van der Waals surface area contributed by atoms with Gasteiger partial charge in [0.2, 0.25) is 0 Å². The Hall–Kier alpha value is -2.44. The molecule has 20 heavy (non-hydrogen) atoms. The van der Waals surface area contributed by atoms with Crippen LogP contribution in [0.3, 0.4) is 0 Å². The first kappa shape index (κ1) is 15.6. The van der Waals surface area contributed by atoms with Gasteiger partial charge < -0.3 is 10.4 Å². The molecule has 0 aromatic heterocycles. The zero-order chi connectivity index (χ0) is 15.5. The molecule has 0 saturated heterocycles. The van der Waals surface area contributed by atoms with E-state index in [1.54, 1.807) is 6.92 Å². The fourth-order valence-corrected chi connectivity index (χ4v) is 1.44. The zero-order valence-corrected chi connectivity index (χ0v) is 11.5. The number of carbonyl (C=O) groups excluding carboxylic acids is 1. The number of rotatable bonds is 5. The van der Waals surface area contributed by atoms with Gasteiger partial charge in [0.15, 0.2) is 0 Å². The Labute approximate surface area is 115 Å². The highest BCUT2D eigenvalue weighted by atomic mass is 16.6. The SMILES string of the molecule is Cc1ccc([N+](=O)[O-])cc1C(=O)NCC(C)(C)C(=O)O. The number of carboxylic acid groups (broad SMARTS) is 1. The molecule has 0 atom stereocenters. The normalized spacial score (nSPS) is 10.9. The van der Waals surface area contributed by atoms with E-state index < -0.39 is 22.2 Å². The first-order chi connectivity index (χ1) is 9.15. The minimum Gasteiger partial charge on any atom is -0.481 e. The third kappa shape index (κ3) is 3.53. The topological polar surface area (TPSA) is 110 Å². The van der Waals surface area contributed by atoms with Crippen molar-refractivity contribution in [3.05, 3.63) is 39.4 Å². The number of nitrogens with one attached hydrogen (secondary N) is 1. The maximum atomic E-state index is 12.0. The van der Waals surface area contributed by atoms with E-state index in [0.717, 1.165) is 0 Å². The van der Waals surface area contributed by atoms with Crippen LogP contribution in [0.25, 0.3) is 0 Å². The number of hydrogen-bond donors (Lipinski definition) is 2. The van der Waals surface area contributed by atoms with Crippen LogP contribution in [0.4, 0.5) is 5.69 Å². The van der Waals surface area contributed by atoms with Gasteiger partial charge >= 0.3 is 5.97 Å². The Morgan fingerprint density at radius 1 is 1.40 bits per heavy atom. The van der Waals surface area contributed by atoms with E-state index in [9.17, 15) is 19.7 Å². The van der Waals surface area contributed by atoms with Gasteiger partial charge in [0.25, 0.3) is 11.6 Å². The number of hydrogen-bond acceptors (Lipinski definition) is 4. The van der Waals surface area contributed by atoms with E-state index in [2.05, 4.69) is 5.32 Å². The second-order valence-electron chi connectivity index (χ2n) is 5.13. The minimum atomic E-state index is -1.11. The highest BCUT2D eigenvalue weighted by Crippen LogP contribution is 2.18. The molecule has 7 nitrogen and oxygen atoms in total. The number of amides is 1. The quantitative estimate of drug-likeness (QED) is 0.630. The van der Waals surface area contributed by atoms with Crippen LogP contribution in [0.5, 0.6) is 0 Å². The van der Waals surface area contributed by atoms with Crippen LogP contribution in [0.2, 0.25) is 0 Å². The van der Waals surface area contributed by atoms with Crippen LogP contribution < -0.4 is 5.32 Å². The van der Waals surface area contributed by atoms with Crippen molar-refractivity contribution in [2.75, 3.05) is 6.54 Å². The Morgan fingerprint density at radius 3 is 2.50 bits per heavy atom. The molecule has 0 fully saturated rings. The average Bonchev–Trinajstić information content (AvgIpc) is 2.36. The summed E-state index contributed by atoms with van der Waals surface area (Å²) < 4.78 is 0. The largest absolute Gasteiger partial charge is 0.481 e. The van der Waals surface area contributed by atoms with Crippen LogP contribution >= 0.6 is 0 Å². The monoisotopic (exact) mass is 280 g/mol. The number of carboxylic acids is 1. The van der Waals surface area contributed by atoms with Gasteiger partial charge in [-0.05, 0) is 26.3 Å². The van der Waals surface area contributed by atoms with E-state index in [-0.39, 0.29) is 17.8 Å². The minimum absolute atomic E-state index is 0.0662. The molecular formula is C13H16N2O5. The number of benzene rings is 1. The van der Waals surface area contributed by atoms with E-state index in [0.29, 0.717) is 5.56 Å². The summed E-state index contributed by atoms with van der Waals surface area (Å²) in [6.07, 6.45) is 0. The number of aliphatic carboxylic acids is 1. The number of non-ortho nitro benzene ring substituents is 1. The van der Waals surface area contributed by atoms with Crippen molar-refractivity contribution in [1.82, 2.24) is 5.32 Å². The summed E-state index contributed by atoms with van der Waals surface area (Å²) >= 11 is 0. The van der Waals surface area contributed by atoms with Gasteiger partial charge in [0.05, 0.1) is 10.3 Å². The maximum absolute atomic E-state index is 12.0. The van der Waals surface area contributed by atoms with Crippen LogP contribution in [-0.4, -0.2) is 28.5 Å². The molecule has 0 saturated carbocycles. The number of carbonyl (C=O) groups is 2. The molecule has 0 aliphatic rings. The van der Waals surface area contributed by atoms with Crippen molar-refractivity contribution in [1.29, 1.82) is 0 Å². The van der Waals surface area contributed by atoms with Gasteiger partial charge in [-0.3, -0.25) is 19.7 Å². The van der Waals surface area contributed by atoms with Gasteiger partial charge in [-0.2, -0.15) is 0 Å². The molecule has 1 aromatic rings. The molecule has 0 unspecified atom stereocenters. The average molecular weight is 280 g/mol. The second kappa shape index (κ2) is 5.68. The zero-order valence-electron chi connectivity index (χ0n) is 11.5. The molecule has 2 N–H and O–H groups in total. The van der Waals surface area contributed by atoms with E-state index in [4.69, 9.17) is 5.11 Å². The molecule has 7 heteroatoms. The molecule has 1 amide bonds. The van der Waals surface area contributed by atoms with Crippen molar-refractivity contribution in [2.24, 2.45) is 5.41 Å². The summed E-state index contributed by atoms with van der Waals surface area (Å²) in [4.78, 5) is 33.0. The Kier molecular flexibility index (Phi) is 4.44. The standard InChI is InChI=1S/C13H16N2O5/c1-8-4-5-9(15(19)20)6-10(8)11(16)14-7-13(2,3)12(17)18/h4-6H,7H2,1-3H3,(H,14,16)(H,17,18). The summed E-state index contributed by atoms with van der Waals surface area (Å²) in [5.41, 5.74) is -0.538. The molecule has 1 aromatic carbocycles. The lowest BCUT2D eigenvalue weighted by Gasteiger charge is -2.19. The summed E-state index contributed by atoms with van der Waals surface area (Å²) in [5.74, 6) is -1.56. The fraction of sp³-hybridized carbons (Fsp3) is 0.385. The molecule has 0 heterocycles. The van der Waals surface area contributed by atoms with Crippen molar-refractivity contribution in [3.8, 4) is 0 Å². The van der Waals surface area contributed by atoms with Gasteiger partial charge in [-0.1, -0.05) is 6.07 Å². The third-order valence-electron chi connectivity index (χ3n) is 2.95. The van der Waals surface area contributed by atoms with Crippen LogP contribution in [0.15, 0.2) is 18.2 Å².